The van der Waals surface area contributed by atoms with Gasteiger partial charge in [0.2, 0.25) is 0 Å². The Morgan fingerprint density at radius 3 is 1.93 bits per heavy atom. The highest BCUT2D eigenvalue weighted by molar-refractivity contribution is 6.10. The molecule has 0 amide bonds. The van der Waals surface area contributed by atoms with Crippen LogP contribution in [0.25, 0.3) is 60.5 Å². The topological polar surface area (TPSA) is 8.17 Å². The molecule has 0 saturated heterocycles. The van der Waals surface area contributed by atoms with E-state index in [1.165, 1.54) is 79.8 Å². The number of rotatable bonds is 5. The third kappa shape index (κ3) is 4.06. The van der Waals surface area contributed by atoms with Crippen molar-refractivity contribution in [1.82, 2.24) is 4.57 Å². The Morgan fingerprint density at radius 2 is 1.07 bits per heavy atom. The summed E-state index contributed by atoms with van der Waals surface area (Å²) >= 11 is 0. The van der Waals surface area contributed by atoms with Crippen LogP contribution < -0.4 is 4.90 Å². The summed E-state index contributed by atoms with van der Waals surface area (Å²) in [5.74, 6) is 3.28. The number of benzene rings is 8. The number of fused-ring (bicyclic) bond motifs is 9. The zero-order valence-electron chi connectivity index (χ0n) is 31.1. The second kappa shape index (κ2) is 11.3. The van der Waals surface area contributed by atoms with Gasteiger partial charge in [0.15, 0.2) is 0 Å². The molecule has 4 aliphatic rings. The Balaban J connectivity index is 0.938. The second-order valence-corrected chi connectivity index (χ2v) is 16.9. The Labute approximate surface area is 327 Å². The van der Waals surface area contributed by atoms with Crippen molar-refractivity contribution in [3.63, 3.8) is 0 Å². The van der Waals surface area contributed by atoms with Crippen molar-refractivity contribution < 1.29 is 0 Å². The summed E-state index contributed by atoms with van der Waals surface area (Å²) in [6.45, 7) is 0. The van der Waals surface area contributed by atoms with Gasteiger partial charge < -0.3 is 9.47 Å². The molecular weight excluding hydrogens is 677 g/mol. The van der Waals surface area contributed by atoms with Gasteiger partial charge in [0, 0.05) is 33.5 Å². The summed E-state index contributed by atoms with van der Waals surface area (Å²) in [6.07, 6.45) is 4.22. The van der Waals surface area contributed by atoms with Crippen molar-refractivity contribution in [2.45, 2.75) is 31.1 Å². The number of hydrogen-bond donors (Lipinski definition) is 0. The number of anilines is 3. The van der Waals surface area contributed by atoms with Gasteiger partial charge >= 0.3 is 0 Å². The summed E-state index contributed by atoms with van der Waals surface area (Å²) < 4.78 is 2.39. The molecule has 266 valence electrons. The van der Waals surface area contributed by atoms with Crippen LogP contribution >= 0.6 is 0 Å². The van der Waals surface area contributed by atoms with E-state index in [9.17, 15) is 0 Å². The molecule has 0 radical (unpaired) electrons. The number of para-hydroxylation sites is 2. The van der Waals surface area contributed by atoms with Crippen LogP contribution in [-0.2, 0) is 0 Å². The zero-order chi connectivity index (χ0) is 36.5. The van der Waals surface area contributed by atoms with Gasteiger partial charge in [0.25, 0.3) is 0 Å². The van der Waals surface area contributed by atoms with Crippen LogP contribution in [0.1, 0.15) is 42.2 Å². The molecule has 1 aromatic heterocycles. The van der Waals surface area contributed by atoms with Gasteiger partial charge in [-0.15, -0.1) is 0 Å². The molecule has 8 aromatic carbocycles. The van der Waals surface area contributed by atoms with Crippen molar-refractivity contribution in [1.29, 1.82) is 0 Å². The second-order valence-electron chi connectivity index (χ2n) is 16.9. The van der Waals surface area contributed by atoms with E-state index in [0.717, 1.165) is 34.8 Å². The summed E-state index contributed by atoms with van der Waals surface area (Å²) in [5.41, 5.74) is 16.3. The van der Waals surface area contributed by atoms with Gasteiger partial charge in [0.05, 0.1) is 11.0 Å². The molecule has 56 heavy (non-hydrogen) atoms. The molecule has 2 nitrogen and oxygen atoms in total. The SMILES string of the molecule is c1ccc(-n2c3ccccc3c3cc(N(c4ccc(-c5ccc6c(c5)C5CC7CC8CC(c9ccccc9-6)C875)cc4)c4ccc5ccccc5c4)ccc32)cc1. The molecule has 3 saturated carbocycles. The van der Waals surface area contributed by atoms with E-state index in [2.05, 4.69) is 191 Å². The van der Waals surface area contributed by atoms with Gasteiger partial charge in [-0.1, -0.05) is 121 Å². The molecule has 1 heterocycles. The van der Waals surface area contributed by atoms with E-state index < -0.39 is 0 Å². The van der Waals surface area contributed by atoms with Crippen LogP contribution in [0, 0.1) is 17.3 Å². The lowest BCUT2D eigenvalue weighted by atomic mass is 9.25. The Kier molecular flexibility index (Phi) is 6.25. The monoisotopic (exact) mass is 716 g/mol. The van der Waals surface area contributed by atoms with Gasteiger partial charge in [0.1, 0.15) is 0 Å². The maximum Gasteiger partial charge on any atom is 0.0542 e. The molecule has 2 heteroatoms. The largest absolute Gasteiger partial charge is 0.310 e. The van der Waals surface area contributed by atoms with E-state index in [-0.39, 0.29) is 0 Å². The molecule has 1 spiro atoms. The molecule has 3 fully saturated rings. The third-order valence-corrected chi connectivity index (χ3v) is 14.7. The third-order valence-electron chi connectivity index (χ3n) is 14.7. The summed E-state index contributed by atoms with van der Waals surface area (Å²) in [7, 11) is 0. The Hall–Kier alpha value is -6.38. The normalized spacial score (nSPS) is 22.5. The van der Waals surface area contributed by atoms with Crippen molar-refractivity contribution in [2.75, 3.05) is 4.90 Å². The average molecular weight is 717 g/mol. The molecule has 9 aromatic rings. The Bertz CT molecular complexity index is 3040. The highest BCUT2D eigenvalue weighted by Gasteiger charge is 2.76. The molecule has 5 unspecified atom stereocenters. The first-order chi connectivity index (χ1) is 27.7. The number of hydrogen-bond acceptors (Lipinski definition) is 1. The zero-order valence-corrected chi connectivity index (χ0v) is 31.1. The number of aromatic nitrogens is 1. The van der Waals surface area contributed by atoms with Crippen LogP contribution in [0.15, 0.2) is 182 Å². The number of nitrogens with zero attached hydrogens (tertiary/aromatic N) is 2. The molecule has 13 rings (SSSR count). The fourth-order valence-electron chi connectivity index (χ4n) is 12.2. The molecule has 0 aliphatic heterocycles. The standard InChI is InChI=1S/C54H40N2/c1-2-12-40(13-3-1)56-52-17-9-8-16-47(52)49-33-43(25-27-53(49)56)55(42-24-20-34-10-4-5-11-36(34)28-42)41-22-18-35(19-23-41)37-21-26-45-44-14-6-7-15-46(44)50-31-38-30-39-32-51(48(45)29-37)54(38,39)50/h1-29,33,38-39,50-51H,30-32H2. The van der Waals surface area contributed by atoms with Gasteiger partial charge in [-0.3, -0.25) is 0 Å². The van der Waals surface area contributed by atoms with Gasteiger partial charge in [-0.2, -0.15) is 0 Å². The maximum absolute atomic E-state index is 2.57. The van der Waals surface area contributed by atoms with Gasteiger partial charge in [-0.05, 0) is 153 Å². The molecule has 4 aliphatic carbocycles. The molecular formula is C54H40N2. The molecule has 0 bridgehead atoms. The van der Waals surface area contributed by atoms with E-state index in [4.69, 9.17) is 0 Å². The summed E-state index contributed by atoms with van der Waals surface area (Å²) in [5, 5.41) is 4.99. The van der Waals surface area contributed by atoms with Crippen molar-refractivity contribution in [3.05, 3.63) is 193 Å². The van der Waals surface area contributed by atoms with Crippen molar-refractivity contribution >= 4 is 49.6 Å². The fourth-order valence-corrected chi connectivity index (χ4v) is 12.2. The van der Waals surface area contributed by atoms with Gasteiger partial charge in [-0.25, -0.2) is 0 Å². The van der Waals surface area contributed by atoms with E-state index in [1.807, 2.05) is 0 Å². The summed E-state index contributed by atoms with van der Waals surface area (Å²) in [6, 6.07) is 68.1. The van der Waals surface area contributed by atoms with Crippen LogP contribution in [0.2, 0.25) is 0 Å². The van der Waals surface area contributed by atoms with Crippen LogP contribution in [0.3, 0.4) is 0 Å². The predicted octanol–water partition coefficient (Wildman–Crippen LogP) is 14.4. The fraction of sp³-hybridized carbons (Fsp3) is 0.148. The minimum Gasteiger partial charge on any atom is -0.310 e. The Morgan fingerprint density at radius 1 is 0.429 bits per heavy atom. The first-order valence-corrected chi connectivity index (χ1v) is 20.5. The smallest absolute Gasteiger partial charge is 0.0542 e. The average Bonchev–Trinajstić information content (AvgIpc) is 3.52. The van der Waals surface area contributed by atoms with Crippen LogP contribution in [0.5, 0.6) is 0 Å². The lowest BCUT2D eigenvalue weighted by Gasteiger charge is -2.78. The van der Waals surface area contributed by atoms with E-state index in [1.54, 1.807) is 11.1 Å². The van der Waals surface area contributed by atoms with Crippen molar-refractivity contribution in [3.8, 4) is 27.9 Å². The highest BCUT2D eigenvalue weighted by atomic mass is 15.1. The summed E-state index contributed by atoms with van der Waals surface area (Å²) in [4.78, 5) is 2.43. The maximum atomic E-state index is 2.57. The molecule has 0 N–H and O–H groups in total. The minimum atomic E-state index is 0.526. The van der Waals surface area contributed by atoms with E-state index >= 15 is 0 Å². The quantitative estimate of drug-likeness (QED) is 0.172. The molecule has 5 atom stereocenters. The lowest BCUT2D eigenvalue weighted by molar-refractivity contribution is -0.252. The predicted molar refractivity (Wildman–Crippen MR) is 233 cm³/mol. The van der Waals surface area contributed by atoms with E-state index in [0.29, 0.717) is 11.3 Å². The van der Waals surface area contributed by atoms with Crippen LogP contribution in [-0.4, -0.2) is 4.57 Å². The first kappa shape index (κ1) is 30.9. The highest BCUT2D eigenvalue weighted by Crippen LogP contribution is 2.85. The minimum absolute atomic E-state index is 0.526. The lowest BCUT2D eigenvalue weighted by Crippen LogP contribution is -2.70. The first-order valence-electron chi connectivity index (χ1n) is 20.5. The van der Waals surface area contributed by atoms with Crippen LogP contribution in [0.4, 0.5) is 17.1 Å². The van der Waals surface area contributed by atoms with Crippen molar-refractivity contribution in [2.24, 2.45) is 17.3 Å².